The molecular weight excluding hydrogens is 291 g/mol. The van der Waals surface area contributed by atoms with E-state index >= 15 is 0 Å². The van der Waals surface area contributed by atoms with E-state index in [0.717, 1.165) is 0 Å². The number of carboxylic acids is 1. The number of urea groups is 1. The predicted octanol–water partition coefficient (Wildman–Crippen LogP) is 3.18. The van der Waals surface area contributed by atoms with E-state index in [4.69, 9.17) is 28.3 Å². The molecule has 0 fully saturated rings. The number of halogens is 2. The van der Waals surface area contributed by atoms with Crippen LogP contribution in [-0.2, 0) is 4.79 Å². The number of anilines is 1. The van der Waals surface area contributed by atoms with E-state index in [2.05, 4.69) is 5.32 Å². The number of carboxylic acid groups (broad SMARTS) is 1. The first-order valence-corrected chi connectivity index (χ1v) is 6.27. The molecule has 0 spiro atoms. The number of nitrogens with one attached hydrogen (secondary N) is 1. The first kappa shape index (κ1) is 15.6. The zero-order valence-corrected chi connectivity index (χ0v) is 12.0. The van der Waals surface area contributed by atoms with Crippen molar-refractivity contribution >= 4 is 40.9 Å². The van der Waals surface area contributed by atoms with Crippen LogP contribution in [0.2, 0.25) is 10.0 Å². The molecule has 0 saturated carbocycles. The molecule has 0 heterocycles. The number of carbonyl (C=O) groups excluding carboxylic acids is 1. The summed E-state index contributed by atoms with van der Waals surface area (Å²) in [4.78, 5) is 23.8. The fourth-order valence-electron chi connectivity index (χ4n) is 1.38. The second-order valence-electron chi connectivity index (χ2n) is 4.17. The molecule has 5 nitrogen and oxygen atoms in total. The highest BCUT2D eigenvalue weighted by molar-refractivity contribution is 6.35. The molecule has 0 aliphatic rings. The number of amides is 2. The molecule has 104 valence electrons. The molecule has 0 saturated heterocycles. The standard InChI is InChI=1S/C12H14Cl2N2O3/c1-7(11(17)18)6-16(2)12(19)15-10-5-8(13)3-4-9(10)14/h3-5,7H,6H2,1-2H3,(H,15,19)(H,17,18). The van der Waals surface area contributed by atoms with E-state index in [9.17, 15) is 9.59 Å². The van der Waals surface area contributed by atoms with E-state index in [-0.39, 0.29) is 6.54 Å². The van der Waals surface area contributed by atoms with Crippen LogP contribution in [0, 0.1) is 5.92 Å². The number of nitrogens with zero attached hydrogens (tertiary/aromatic N) is 1. The molecule has 1 atom stereocenters. The first-order valence-electron chi connectivity index (χ1n) is 5.51. The third-order valence-corrected chi connectivity index (χ3v) is 3.05. The van der Waals surface area contributed by atoms with Crippen LogP contribution in [0.3, 0.4) is 0 Å². The molecule has 1 aromatic carbocycles. The highest BCUT2D eigenvalue weighted by Gasteiger charge is 2.18. The lowest BCUT2D eigenvalue weighted by atomic mass is 10.2. The van der Waals surface area contributed by atoms with Crippen LogP contribution in [0.1, 0.15) is 6.92 Å². The quantitative estimate of drug-likeness (QED) is 0.897. The molecule has 1 rings (SSSR count). The second-order valence-corrected chi connectivity index (χ2v) is 5.02. The topological polar surface area (TPSA) is 69.6 Å². The molecule has 1 aromatic rings. The summed E-state index contributed by atoms with van der Waals surface area (Å²) in [5.74, 6) is -1.61. The van der Waals surface area contributed by atoms with Gasteiger partial charge in [-0.15, -0.1) is 0 Å². The van der Waals surface area contributed by atoms with Crippen LogP contribution in [-0.4, -0.2) is 35.6 Å². The Morgan fingerprint density at radius 3 is 2.63 bits per heavy atom. The zero-order chi connectivity index (χ0) is 14.6. The first-order chi connectivity index (χ1) is 8.81. The average Bonchev–Trinajstić information content (AvgIpc) is 2.33. The molecule has 7 heteroatoms. The molecule has 2 amide bonds. The molecule has 0 aliphatic heterocycles. The number of carbonyl (C=O) groups is 2. The van der Waals surface area contributed by atoms with Crippen LogP contribution in [0.25, 0.3) is 0 Å². The predicted molar refractivity (Wildman–Crippen MR) is 74.9 cm³/mol. The SMILES string of the molecule is CC(CN(C)C(=O)Nc1cc(Cl)ccc1Cl)C(=O)O. The number of benzene rings is 1. The highest BCUT2D eigenvalue weighted by Crippen LogP contribution is 2.25. The minimum absolute atomic E-state index is 0.0966. The van der Waals surface area contributed by atoms with Crippen molar-refractivity contribution in [1.29, 1.82) is 0 Å². The van der Waals surface area contributed by atoms with Crippen molar-refractivity contribution in [3.05, 3.63) is 28.2 Å². The van der Waals surface area contributed by atoms with Crippen molar-refractivity contribution in [1.82, 2.24) is 4.90 Å². The molecule has 0 aliphatic carbocycles. The maximum absolute atomic E-state index is 11.9. The summed E-state index contributed by atoms with van der Waals surface area (Å²) in [6.07, 6.45) is 0. The Balaban J connectivity index is 2.68. The maximum Gasteiger partial charge on any atom is 0.321 e. The van der Waals surface area contributed by atoms with Crippen LogP contribution in [0.15, 0.2) is 18.2 Å². The van der Waals surface area contributed by atoms with Crippen LogP contribution >= 0.6 is 23.2 Å². The van der Waals surface area contributed by atoms with Gasteiger partial charge in [0.2, 0.25) is 0 Å². The van der Waals surface area contributed by atoms with Gasteiger partial charge in [-0.3, -0.25) is 4.79 Å². The Labute approximate surface area is 121 Å². The molecule has 2 N–H and O–H groups in total. The number of aliphatic carboxylic acids is 1. The lowest BCUT2D eigenvalue weighted by Gasteiger charge is -2.20. The average molecular weight is 305 g/mol. The molecule has 0 radical (unpaired) electrons. The largest absolute Gasteiger partial charge is 0.481 e. The van der Waals surface area contributed by atoms with E-state index < -0.39 is 17.9 Å². The van der Waals surface area contributed by atoms with E-state index in [0.29, 0.717) is 15.7 Å². The normalized spacial score (nSPS) is 11.8. The molecule has 1 unspecified atom stereocenters. The van der Waals surface area contributed by atoms with Crippen molar-refractivity contribution in [2.75, 3.05) is 18.9 Å². The molecule has 0 bridgehead atoms. The van der Waals surface area contributed by atoms with Gasteiger partial charge < -0.3 is 15.3 Å². The van der Waals surface area contributed by atoms with Gasteiger partial charge in [0.15, 0.2) is 0 Å². The zero-order valence-electron chi connectivity index (χ0n) is 10.5. The minimum Gasteiger partial charge on any atom is -0.481 e. The minimum atomic E-state index is -0.958. The summed E-state index contributed by atoms with van der Waals surface area (Å²) in [5.41, 5.74) is 0.383. The van der Waals surface area contributed by atoms with E-state index in [1.807, 2.05) is 0 Å². The highest BCUT2D eigenvalue weighted by atomic mass is 35.5. The van der Waals surface area contributed by atoms with Crippen LogP contribution < -0.4 is 5.32 Å². The van der Waals surface area contributed by atoms with Crippen molar-refractivity contribution in [3.63, 3.8) is 0 Å². The number of hydrogen-bond donors (Lipinski definition) is 2. The lowest BCUT2D eigenvalue weighted by molar-refractivity contribution is -0.141. The number of hydrogen-bond acceptors (Lipinski definition) is 2. The second kappa shape index (κ2) is 6.63. The van der Waals surface area contributed by atoms with Crippen molar-refractivity contribution < 1.29 is 14.7 Å². The van der Waals surface area contributed by atoms with Gasteiger partial charge in [0, 0.05) is 18.6 Å². The fourth-order valence-corrected chi connectivity index (χ4v) is 1.71. The van der Waals surface area contributed by atoms with Gasteiger partial charge in [-0.2, -0.15) is 0 Å². The van der Waals surface area contributed by atoms with Gasteiger partial charge in [0.25, 0.3) is 0 Å². The van der Waals surface area contributed by atoms with Gasteiger partial charge in [-0.05, 0) is 18.2 Å². The monoisotopic (exact) mass is 304 g/mol. The summed E-state index contributed by atoms with van der Waals surface area (Å²) in [7, 11) is 1.51. The van der Waals surface area contributed by atoms with Gasteiger partial charge in [-0.1, -0.05) is 30.1 Å². The van der Waals surface area contributed by atoms with Gasteiger partial charge in [0.1, 0.15) is 0 Å². The molecule has 19 heavy (non-hydrogen) atoms. The van der Waals surface area contributed by atoms with Gasteiger partial charge in [-0.25, -0.2) is 4.79 Å². The molecule has 0 aromatic heterocycles. The van der Waals surface area contributed by atoms with Crippen molar-refractivity contribution in [2.24, 2.45) is 5.92 Å². The summed E-state index contributed by atoms with van der Waals surface area (Å²) in [6.45, 7) is 1.62. The Morgan fingerprint density at radius 2 is 2.05 bits per heavy atom. The Kier molecular flexibility index (Phi) is 5.44. The van der Waals surface area contributed by atoms with Gasteiger partial charge in [0.05, 0.1) is 16.6 Å². The van der Waals surface area contributed by atoms with Crippen molar-refractivity contribution in [3.8, 4) is 0 Å². The van der Waals surface area contributed by atoms with Gasteiger partial charge >= 0.3 is 12.0 Å². The third-order valence-electron chi connectivity index (χ3n) is 2.49. The van der Waals surface area contributed by atoms with Crippen LogP contribution in [0.4, 0.5) is 10.5 Å². The lowest BCUT2D eigenvalue weighted by Crippen LogP contribution is -2.36. The Bertz CT molecular complexity index is 494. The fraction of sp³-hybridized carbons (Fsp3) is 0.333. The summed E-state index contributed by atoms with van der Waals surface area (Å²) < 4.78 is 0. The Hall–Kier alpha value is -1.46. The maximum atomic E-state index is 11.9. The summed E-state index contributed by atoms with van der Waals surface area (Å²) >= 11 is 11.7. The van der Waals surface area contributed by atoms with E-state index in [1.54, 1.807) is 12.1 Å². The third kappa shape index (κ3) is 4.61. The smallest absolute Gasteiger partial charge is 0.321 e. The van der Waals surface area contributed by atoms with Crippen LogP contribution in [0.5, 0.6) is 0 Å². The molecular formula is C12H14Cl2N2O3. The summed E-state index contributed by atoms with van der Waals surface area (Å²) in [5, 5.41) is 12.2. The number of rotatable bonds is 4. The van der Waals surface area contributed by atoms with Crippen molar-refractivity contribution in [2.45, 2.75) is 6.92 Å². The van der Waals surface area contributed by atoms with E-state index in [1.165, 1.54) is 24.9 Å². The Morgan fingerprint density at radius 1 is 1.42 bits per heavy atom. The summed E-state index contributed by atoms with van der Waals surface area (Å²) in [6, 6.07) is 4.25.